The van der Waals surface area contributed by atoms with Gasteiger partial charge in [0, 0.05) is 13.3 Å². The largest absolute Gasteiger partial charge is 0.480 e. The molecule has 1 amide bonds. The molecular formula is C12H12ClNO5. The number of aliphatic carboxylic acids is 1. The van der Waals surface area contributed by atoms with Crippen molar-refractivity contribution < 1.29 is 24.2 Å². The van der Waals surface area contributed by atoms with E-state index in [2.05, 4.69) is 5.32 Å². The lowest BCUT2D eigenvalue weighted by molar-refractivity contribution is -0.141. The molecule has 1 aliphatic rings. The van der Waals surface area contributed by atoms with E-state index in [0.29, 0.717) is 22.1 Å². The Morgan fingerprint density at radius 3 is 2.84 bits per heavy atom. The molecule has 6 nitrogen and oxygen atoms in total. The summed E-state index contributed by atoms with van der Waals surface area (Å²) in [6.07, 6.45) is 0.116. The third-order valence-corrected chi connectivity index (χ3v) is 2.88. The van der Waals surface area contributed by atoms with Gasteiger partial charge in [0.15, 0.2) is 11.5 Å². The fourth-order valence-electron chi connectivity index (χ4n) is 1.82. The summed E-state index contributed by atoms with van der Waals surface area (Å²) in [6.45, 7) is 1.36. The lowest BCUT2D eigenvalue weighted by atomic mass is 10.1. The average Bonchev–Trinajstić information content (AvgIpc) is 2.76. The highest BCUT2D eigenvalue weighted by atomic mass is 35.5. The van der Waals surface area contributed by atoms with Crippen molar-refractivity contribution in [2.75, 3.05) is 6.79 Å². The predicted octanol–water partition coefficient (Wildman–Crippen LogP) is 1.20. The smallest absolute Gasteiger partial charge is 0.326 e. The fraction of sp³-hybridized carbons (Fsp3) is 0.333. The zero-order valence-electron chi connectivity index (χ0n) is 10.1. The van der Waals surface area contributed by atoms with Crippen LogP contribution in [0.2, 0.25) is 5.02 Å². The second-order valence-corrected chi connectivity index (χ2v) is 4.51. The Labute approximate surface area is 114 Å². The molecule has 0 saturated heterocycles. The van der Waals surface area contributed by atoms with E-state index in [1.807, 2.05) is 0 Å². The van der Waals surface area contributed by atoms with Crippen LogP contribution in [0.3, 0.4) is 0 Å². The van der Waals surface area contributed by atoms with Crippen molar-refractivity contribution >= 4 is 23.5 Å². The molecular weight excluding hydrogens is 274 g/mol. The summed E-state index contributed by atoms with van der Waals surface area (Å²) in [7, 11) is 0. The van der Waals surface area contributed by atoms with Crippen molar-refractivity contribution in [3.8, 4) is 11.5 Å². The zero-order valence-corrected chi connectivity index (χ0v) is 10.9. The first-order valence-electron chi connectivity index (χ1n) is 5.55. The topological polar surface area (TPSA) is 84.9 Å². The summed E-state index contributed by atoms with van der Waals surface area (Å²) in [5, 5.41) is 11.8. The van der Waals surface area contributed by atoms with Gasteiger partial charge in [-0.3, -0.25) is 4.79 Å². The van der Waals surface area contributed by atoms with Crippen molar-refractivity contribution in [1.29, 1.82) is 0 Å². The van der Waals surface area contributed by atoms with E-state index in [1.165, 1.54) is 6.92 Å². The number of ether oxygens (including phenoxy) is 2. The van der Waals surface area contributed by atoms with Gasteiger partial charge in [-0.15, -0.1) is 0 Å². The third kappa shape index (κ3) is 3.08. The number of carboxylic acid groups (broad SMARTS) is 1. The molecule has 1 unspecified atom stereocenters. The van der Waals surface area contributed by atoms with Crippen molar-refractivity contribution in [1.82, 2.24) is 5.32 Å². The number of nitrogens with one attached hydrogen (secondary N) is 1. The lowest BCUT2D eigenvalue weighted by Gasteiger charge is -2.13. The normalized spacial score (nSPS) is 14.0. The molecule has 0 aliphatic carbocycles. The van der Waals surface area contributed by atoms with Crippen LogP contribution >= 0.6 is 11.6 Å². The van der Waals surface area contributed by atoms with Gasteiger partial charge in [-0.05, 0) is 17.7 Å². The van der Waals surface area contributed by atoms with E-state index in [4.69, 9.17) is 26.2 Å². The molecule has 0 saturated carbocycles. The van der Waals surface area contributed by atoms with Gasteiger partial charge in [0.2, 0.25) is 12.7 Å². The van der Waals surface area contributed by atoms with Crippen molar-refractivity contribution in [3.05, 3.63) is 22.7 Å². The second kappa shape index (κ2) is 5.36. The first-order chi connectivity index (χ1) is 8.97. The van der Waals surface area contributed by atoms with Gasteiger partial charge in [-0.25, -0.2) is 4.79 Å². The van der Waals surface area contributed by atoms with Crippen LogP contribution in [-0.2, 0) is 16.0 Å². The standard InChI is InChI=1S/C12H12ClNO5/c1-6(15)14-9(12(16)17)3-7-2-8(13)11-10(4-7)18-5-19-11/h2,4,9H,3,5H2,1H3,(H,14,15)(H,16,17). The van der Waals surface area contributed by atoms with Crippen LogP contribution in [0.1, 0.15) is 12.5 Å². The quantitative estimate of drug-likeness (QED) is 0.868. The van der Waals surface area contributed by atoms with Crippen molar-refractivity contribution in [2.45, 2.75) is 19.4 Å². The summed E-state index contributed by atoms with van der Waals surface area (Å²) in [5.41, 5.74) is 0.649. The molecule has 0 fully saturated rings. The maximum Gasteiger partial charge on any atom is 0.326 e. The van der Waals surface area contributed by atoms with Crippen LogP contribution in [0.25, 0.3) is 0 Å². The van der Waals surface area contributed by atoms with Crippen LogP contribution in [0.15, 0.2) is 12.1 Å². The molecule has 102 valence electrons. The molecule has 0 spiro atoms. The van der Waals surface area contributed by atoms with E-state index in [0.717, 1.165) is 0 Å². The Kier molecular flexibility index (Phi) is 3.80. The van der Waals surface area contributed by atoms with Gasteiger partial charge >= 0.3 is 5.97 Å². The highest BCUT2D eigenvalue weighted by Crippen LogP contribution is 2.39. The second-order valence-electron chi connectivity index (χ2n) is 4.11. The van der Waals surface area contributed by atoms with Crippen LogP contribution in [0.5, 0.6) is 11.5 Å². The minimum absolute atomic E-state index is 0.0898. The molecule has 1 aliphatic heterocycles. The van der Waals surface area contributed by atoms with Gasteiger partial charge in [-0.2, -0.15) is 0 Å². The molecule has 1 aromatic rings. The highest BCUT2D eigenvalue weighted by molar-refractivity contribution is 6.32. The molecule has 1 heterocycles. The van der Waals surface area contributed by atoms with Crippen molar-refractivity contribution in [3.63, 3.8) is 0 Å². The Hall–Kier alpha value is -1.95. The number of fused-ring (bicyclic) bond motifs is 1. The summed E-state index contributed by atoms with van der Waals surface area (Å²) in [4.78, 5) is 22.0. The van der Waals surface area contributed by atoms with Gasteiger partial charge in [0.1, 0.15) is 6.04 Å². The fourth-order valence-corrected chi connectivity index (χ4v) is 2.11. The Morgan fingerprint density at radius 2 is 2.21 bits per heavy atom. The van der Waals surface area contributed by atoms with E-state index >= 15 is 0 Å². The van der Waals surface area contributed by atoms with E-state index in [9.17, 15) is 9.59 Å². The molecule has 0 aromatic heterocycles. The summed E-state index contributed by atoms with van der Waals surface area (Å²) in [6, 6.07) is 2.26. The van der Waals surface area contributed by atoms with E-state index < -0.39 is 17.9 Å². The molecule has 19 heavy (non-hydrogen) atoms. The van der Waals surface area contributed by atoms with Gasteiger partial charge in [0.25, 0.3) is 0 Å². The molecule has 2 N–H and O–H groups in total. The van der Waals surface area contributed by atoms with Gasteiger partial charge in [0.05, 0.1) is 5.02 Å². The third-order valence-electron chi connectivity index (χ3n) is 2.60. The molecule has 1 atom stereocenters. The molecule has 1 aromatic carbocycles. The van der Waals surface area contributed by atoms with Crippen LogP contribution in [0.4, 0.5) is 0 Å². The van der Waals surface area contributed by atoms with Crippen molar-refractivity contribution in [2.24, 2.45) is 0 Å². The minimum atomic E-state index is -1.11. The number of hydrogen-bond donors (Lipinski definition) is 2. The number of carbonyl (C=O) groups excluding carboxylic acids is 1. The van der Waals surface area contributed by atoms with E-state index in [-0.39, 0.29) is 13.2 Å². The highest BCUT2D eigenvalue weighted by Gasteiger charge is 2.23. The number of hydrogen-bond acceptors (Lipinski definition) is 4. The average molecular weight is 286 g/mol. The maximum atomic E-state index is 11.1. The predicted molar refractivity (Wildman–Crippen MR) is 66.5 cm³/mol. The molecule has 0 bridgehead atoms. The molecule has 7 heteroatoms. The first-order valence-corrected chi connectivity index (χ1v) is 5.93. The summed E-state index contributed by atoms with van der Waals surface area (Å²) in [5.74, 6) is -0.575. The van der Waals surface area contributed by atoms with Gasteiger partial charge < -0.3 is 19.9 Å². The summed E-state index contributed by atoms with van der Waals surface area (Å²) >= 11 is 6.00. The number of carbonyl (C=O) groups is 2. The molecule has 2 rings (SSSR count). The SMILES string of the molecule is CC(=O)NC(Cc1cc(Cl)c2c(c1)OCO2)C(=O)O. The maximum absolute atomic E-state index is 11.1. The van der Waals surface area contributed by atoms with Crippen LogP contribution in [-0.4, -0.2) is 29.8 Å². The van der Waals surface area contributed by atoms with Crippen LogP contribution in [0, 0.1) is 0 Å². The number of rotatable bonds is 4. The molecule has 0 radical (unpaired) electrons. The van der Waals surface area contributed by atoms with E-state index in [1.54, 1.807) is 12.1 Å². The lowest BCUT2D eigenvalue weighted by Crippen LogP contribution is -2.41. The number of carboxylic acids is 1. The minimum Gasteiger partial charge on any atom is -0.480 e. The summed E-state index contributed by atoms with van der Waals surface area (Å²) < 4.78 is 10.4. The zero-order chi connectivity index (χ0) is 14.0. The Morgan fingerprint density at radius 1 is 1.47 bits per heavy atom. The Bertz CT molecular complexity index is 531. The number of amides is 1. The van der Waals surface area contributed by atoms with Gasteiger partial charge in [-0.1, -0.05) is 11.6 Å². The first kappa shape index (κ1) is 13.5. The van der Waals surface area contributed by atoms with Crippen LogP contribution < -0.4 is 14.8 Å². The Balaban J connectivity index is 2.20. The monoisotopic (exact) mass is 285 g/mol. The number of benzene rings is 1. The number of halogens is 1.